The van der Waals surface area contributed by atoms with Crippen LogP contribution in [0.3, 0.4) is 0 Å². The normalized spacial score (nSPS) is 10.7. The van der Waals surface area contributed by atoms with Gasteiger partial charge in [0.25, 0.3) is 5.56 Å². The van der Waals surface area contributed by atoms with E-state index in [1.165, 1.54) is 4.68 Å². The zero-order valence-corrected chi connectivity index (χ0v) is 13.4. The molecule has 1 aromatic heterocycles. The molecular weight excluding hydrogens is 304 g/mol. The first-order valence-corrected chi connectivity index (χ1v) is 7.79. The van der Waals surface area contributed by atoms with Gasteiger partial charge in [-0.05, 0) is 30.2 Å². The van der Waals surface area contributed by atoms with Crippen molar-refractivity contribution < 1.29 is 4.79 Å². The van der Waals surface area contributed by atoms with Gasteiger partial charge < -0.3 is 5.32 Å². The Hall–Kier alpha value is -3.02. The van der Waals surface area contributed by atoms with E-state index in [1.807, 2.05) is 31.2 Å². The number of fused-ring (bicyclic) bond motifs is 1. The van der Waals surface area contributed by atoms with Crippen LogP contribution in [0.1, 0.15) is 17.5 Å². The SMILES string of the molecule is Cc1ccccc1CNC(=O)CCn1nnc2ccccc2c1=O. The van der Waals surface area contributed by atoms with E-state index in [0.717, 1.165) is 11.1 Å². The summed E-state index contributed by atoms with van der Waals surface area (Å²) in [5.74, 6) is -0.125. The van der Waals surface area contributed by atoms with E-state index < -0.39 is 0 Å². The molecule has 0 bridgehead atoms. The van der Waals surface area contributed by atoms with Gasteiger partial charge in [-0.2, -0.15) is 0 Å². The highest BCUT2D eigenvalue weighted by Gasteiger charge is 2.08. The van der Waals surface area contributed by atoms with Crippen LogP contribution in [0.25, 0.3) is 10.9 Å². The number of nitrogens with one attached hydrogen (secondary N) is 1. The van der Waals surface area contributed by atoms with Gasteiger partial charge in [0.15, 0.2) is 0 Å². The Bertz CT molecular complexity index is 933. The van der Waals surface area contributed by atoms with Crippen LogP contribution in [0.4, 0.5) is 0 Å². The smallest absolute Gasteiger partial charge is 0.277 e. The number of rotatable bonds is 5. The average molecular weight is 322 g/mol. The number of aromatic nitrogens is 3. The number of carbonyl (C=O) groups excluding carboxylic acids is 1. The molecule has 2 aromatic carbocycles. The van der Waals surface area contributed by atoms with Crippen LogP contribution in [0.5, 0.6) is 0 Å². The molecular formula is C18H18N4O2. The van der Waals surface area contributed by atoms with Crippen LogP contribution < -0.4 is 10.9 Å². The molecule has 0 saturated heterocycles. The highest BCUT2D eigenvalue weighted by molar-refractivity contribution is 5.77. The lowest BCUT2D eigenvalue weighted by atomic mass is 10.1. The van der Waals surface area contributed by atoms with Crippen molar-refractivity contribution in [2.45, 2.75) is 26.4 Å². The van der Waals surface area contributed by atoms with Gasteiger partial charge in [0.1, 0.15) is 5.52 Å². The van der Waals surface area contributed by atoms with Crippen LogP contribution in [0.2, 0.25) is 0 Å². The Labute approximate surface area is 139 Å². The Morgan fingerprint density at radius 2 is 1.88 bits per heavy atom. The molecule has 3 rings (SSSR count). The maximum Gasteiger partial charge on any atom is 0.277 e. The van der Waals surface area contributed by atoms with E-state index in [0.29, 0.717) is 17.4 Å². The van der Waals surface area contributed by atoms with Crippen molar-refractivity contribution in [1.29, 1.82) is 0 Å². The number of hydrogen-bond donors (Lipinski definition) is 1. The van der Waals surface area contributed by atoms with Crippen molar-refractivity contribution in [3.63, 3.8) is 0 Å². The largest absolute Gasteiger partial charge is 0.352 e. The monoisotopic (exact) mass is 322 g/mol. The second kappa shape index (κ2) is 7.04. The minimum atomic E-state index is -0.229. The molecule has 3 aromatic rings. The number of carbonyl (C=O) groups is 1. The van der Waals surface area contributed by atoms with Crippen LogP contribution in [-0.4, -0.2) is 20.9 Å². The first-order chi connectivity index (χ1) is 11.6. The van der Waals surface area contributed by atoms with E-state index in [9.17, 15) is 9.59 Å². The molecule has 6 heteroatoms. The first-order valence-electron chi connectivity index (χ1n) is 7.79. The molecule has 0 saturated carbocycles. The first kappa shape index (κ1) is 15.9. The van der Waals surface area contributed by atoms with Crippen molar-refractivity contribution >= 4 is 16.8 Å². The maximum atomic E-state index is 12.3. The zero-order chi connectivity index (χ0) is 16.9. The number of nitrogens with zero attached hydrogens (tertiary/aromatic N) is 3. The molecule has 0 aliphatic carbocycles. The van der Waals surface area contributed by atoms with Gasteiger partial charge in [-0.1, -0.05) is 41.6 Å². The number of benzene rings is 2. The predicted molar refractivity (Wildman–Crippen MR) is 91.4 cm³/mol. The van der Waals surface area contributed by atoms with E-state index in [4.69, 9.17) is 0 Å². The minimum Gasteiger partial charge on any atom is -0.352 e. The van der Waals surface area contributed by atoms with Gasteiger partial charge in [0.2, 0.25) is 5.91 Å². The molecule has 1 N–H and O–H groups in total. The fourth-order valence-corrected chi connectivity index (χ4v) is 2.47. The van der Waals surface area contributed by atoms with Crippen LogP contribution in [-0.2, 0) is 17.9 Å². The summed E-state index contributed by atoms with van der Waals surface area (Å²) in [5.41, 5.74) is 2.54. The average Bonchev–Trinajstić information content (AvgIpc) is 2.61. The molecule has 1 heterocycles. The Morgan fingerprint density at radius 3 is 2.71 bits per heavy atom. The highest BCUT2D eigenvalue weighted by atomic mass is 16.2. The molecule has 0 atom stereocenters. The molecule has 0 spiro atoms. The standard InChI is InChI=1S/C18H18N4O2/c1-13-6-2-3-7-14(13)12-19-17(23)10-11-22-18(24)15-8-4-5-9-16(15)20-21-22/h2-9H,10-12H2,1H3,(H,19,23). The summed E-state index contributed by atoms with van der Waals surface area (Å²) in [6.07, 6.45) is 0.179. The molecule has 0 unspecified atom stereocenters. The summed E-state index contributed by atoms with van der Waals surface area (Å²) in [6, 6.07) is 14.9. The van der Waals surface area contributed by atoms with Crippen molar-refractivity contribution in [1.82, 2.24) is 20.3 Å². The summed E-state index contributed by atoms with van der Waals surface area (Å²) in [7, 11) is 0. The van der Waals surface area contributed by atoms with Gasteiger partial charge in [-0.3, -0.25) is 9.59 Å². The van der Waals surface area contributed by atoms with Crippen molar-refractivity contribution in [3.8, 4) is 0 Å². The Balaban J connectivity index is 1.61. The predicted octanol–water partition coefficient (Wildman–Crippen LogP) is 1.81. The summed E-state index contributed by atoms with van der Waals surface area (Å²) < 4.78 is 1.23. The van der Waals surface area contributed by atoms with Crippen molar-refractivity contribution in [2.24, 2.45) is 0 Å². The second-order valence-corrected chi connectivity index (χ2v) is 5.59. The molecule has 24 heavy (non-hydrogen) atoms. The van der Waals surface area contributed by atoms with E-state index in [-0.39, 0.29) is 24.4 Å². The number of hydrogen-bond acceptors (Lipinski definition) is 4. The third-order valence-corrected chi connectivity index (χ3v) is 3.92. The molecule has 122 valence electrons. The van der Waals surface area contributed by atoms with Crippen molar-refractivity contribution in [2.75, 3.05) is 0 Å². The lowest BCUT2D eigenvalue weighted by molar-refractivity contribution is -0.121. The van der Waals surface area contributed by atoms with Gasteiger partial charge in [0, 0.05) is 13.0 Å². The van der Waals surface area contributed by atoms with Crippen LogP contribution in [0.15, 0.2) is 53.3 Å². The second-order valence-electron chi connectivity index (χ2n) is 5.59. The van der Waals surface area contributed by atoms with Crippen LogP contribution in [0, 0.1) is 6.92 Å². The summed E-state index contributed by atoms with van der Waals surface area (Å²) in [5, 5.41) is 11.3. The fraction of sp³-hybridized carbons (Fsp3) is 0.222. The van der Waals surface area contributed by atoms with Crippen molar-refractivity contribution in [3.05, 3.63) is 70.0 Å². The van der Waals surface area contributed by atoms with E-state index in [1.54, 1.807) is 24.3 Å². The zero-order valence-electron chi connectivity index (χ0n) is 13.4. The number of aryl methyl sites for hydroxylation is 2. The lowest BCUT2D eigenvalue weighted by Gasteiger charge is -2.08. The molecule has 0 aliphatic rings. The molecule has 0 aliphatic heterocycles. The fourth-order valence-electron chi connectivity index (χ4n) is 2.47. The van der Waals surface area contributed by atoms with Gasteiger partial charge in [-0.25, -0.2) is 4.68 Å². The van der Waals surface area contributed by atoms with Gasteiger partial charge in [0.05, 0.1) is 11.9 Å². The summed E-state index contributed by atoms with van der Waals surface area (Å²) in [6.45, 7) is 2.69. The number of amides is 1. The lowest BCUT2D eigenvalue weighted by Crippen LogP contribution is -2.29. The summed E-state index contributed by atoms with van der Waals surface area (Å²) in [4.78, 5) is 24.3. The maximum absolute atomic E-state index is 12.3. The Morgan fingerprint density at radius 1 is 1.12 bits per heavy atom. The quantitative estimate of drug-likeness (QED) is 0.777. The molecule has 6 nitrogen and oxygen atoms in total. The summed E-state index contributed by atoms with van der Waals surface area (Å²) >= 11 is 0. The van der Waals surface area contributed by atoms with Gasteiger partial charge >= 0.3 is 0 Å². The van der Waals surface area contributed by atoms with E-state index >= 15 is 0 Å². The third-order valence-electron chi connectivity index (χ3n) is 3.92. The molecule has 0 fully saturated rings. The van der Waals surface area contributed by atoms with E-state index in [2.05, 4.69) is 15.6 Å². The van der Waals surface area contributed by atoms with Crippen LogP contribution >= 0.6 is 0 Å². The minimum absolute atomic E-state index is 0.125. The topological polar surface area (TPSA) is 76.9 Å². The molecule has 0 radical (unpaired) electrons. The van der Waals surface area contributed by atoms with Gasteiger partial charge in [-0.15, -0.1) is 5.10 Å². The Kier molecular flexibility index (Phi) is 4.65. The highest BCUT2D eigenvalue weighted by Crippen LogP contribution is 2.06. The molecule has 1 amide bonds. The third kappa shape index (κ3) is 3.48.